The fourth-order valence-electron chi connectivity index (χ4n) is 3.10. The second kappa shape index (κ2) is 4.81. The number of nitrogens with zero attached hydrogens (tertiary/aromatic N) is 1. The SMILES string of the molecule is Cc1cc(N2CCCC(C)(F)C2)ccc1C(C)(C)C. The van der Waals surface area contributed by atoms with Gasteiger partial charge < -0.3 is 4.90 Å². The highest BCUT2D eigenvalue weighted by Crippen LogP contribution is 2.32. The molecule has 2 rings (SSSR count). The highest BCUT2D eigenvalue weighted by atomic mass is 19.1. The summed E-state index contributed by atoms with van der Waals surface area (Å²) >= 11 is 0. The number of rotatable bonds is 1. The summed E-state index contributed by atoms with van der Waals surface area (Å²) in [6.45, 7) is 12.0. The Kier molecular flexibility index (Phi) is 3.63. The van der Waals surface area contributed by atoms with Gasteiger partial charge in [0.25, 0.3) is 0 Å². The quantitative estimate of drug-likeness (QED) is 0.714. The molecule has 1 aliphatic rings. The van der Waals surface area contributed by atoms with E-state index >= 15 is 0 Å². The largest absolute Gasteiger partial charge is 0.368 e. The highest BCUT2D eigenvalue weighted by Gasteiger charge is 2.30. The van der Waals surface area contributed by atoms with Crippen LogP contribution in [-0.4, -0.2) is 18.8 Å². The summed E-state index contributed by atoms with van der Waals surface area (Å²) in [5.41, 5.74) is 2.95. The molecule has 19 heavy (non-hydrogen) atoms. The van der Waals surface area contributed by atoms with Crippen molar-refractivity contribution in [2.24, 2.45) is 0 Å². The molecular weight excluding hydrogens is 237 g/mol. The molecule has 0 N–H and O–H groups in total. The predicted molar refractivity (Wildman–Crippen MR) is 80.8 cm³/mol. The zero-order chi connectivity index (χ0) is 14.3. The molecule has 1 aromatic carbocycles. The van der Waals surface area contributed by atoms with Crippen LogP contribution in [0.1, 0.15) is 51.7 Å². The smallest absolute Gasteiger partial charge is 0.125 e. The zero-order valence-corrected chi connectivity index (χ0v) is 12.9. The van der Waals surface area contributed by atoms with Gasteiger partial charge in [-0.1, -0.05) is 26.8 Å². The van der Waals surface area contributed by atoms with Crippen LogP contribution in [0, 0.1) is 6.92 Å². The molecule has 1 unspecified atom stereocenters. The molecule has 1 heterocycles. The number of benzene rings is 1. The van der Waals surface area contributed by atoms with Crippen LogP contribution in [0.2, 0.25) is 0 Å². The molecule has 0 spiro atoms. The van der Waals surface area contributed by atoms with E-state index in [0.717, 1.165) is 18.7 Å². The first-order valence-corrected chi connectivity index (χ1v) is 7.24. The number of aryl methyl sites for hydroxylation is 1. The Hall–Kier alpha value is -1.05. The summed E-state index contributed by atoms with van der Waals surface area (Å²) < 4.78 is 14.1. The van der Waals surface area contributed by atoms with Crippen molar-refractivity contribution in [2.75, 3.05) is 18.0 Å². The first-order chi connectivity index (χ1) is 8.69. The van der Waals surface area contributed by atoms with Crippen molar-refractivity contribution >= 4 is 5.69 Å². The molecule has 0 radical (unpaired) electrons. The number of halogens is 1. The predicted octanol–water partition coefficient (Wildman–Crippen LogP) is 4.62. The molecule has 1 saturated heterocycles. The van der Waals surface area contributed by atoms with E-state index in [9.17, 15) is 4.39 Å². The van der Waals surface area contributed by atoms with Crippen molar-refractivity contribution < 1.29 is 4.39 Å². The molecular formula is C17H26FN. The van der Waals surface area contributed by atoms with Crippen LogP contribution in [-0.2, 0) is 5.41 Å². The van der Waals surface area contributed by atoms with Gasteiger partial charge in [-0.3, -0.25) is 0 Å². The van der Waals surface area contributed by atoms with Crippen molar-refractivity contribution in [3.8, 4) is 0 Å². The Morgan fingerprint density at radius 1 is 1.26 bits per heavy atom. The molecule has 1 aromatic rings. The minimum atomic E-state index is -1.05. The fraction of sp³-hybridized carbons (Fsp3) is 0.647. The Morgan fingerprint density at radius 2 is 1.95 bits per heavy atom. The van der Waals surface area contributed by atoms with Gasteiger partial charge in [0.05, 0.1) is 6.54 Å². The average molecular weight is 263 g/mol. The van der Waals surface area contributed by atoms with Crippen LogP contribution in [0.15, 0.2) is 18.2 Å². The number of anilines is 1. The van der Waals surface area contributed by atoms with E-state index in [1.54, 1.807) is 6.92 Å². The van der Waals surface area contributed by atoms with Gasteiger partial charge in [-0.15, -0.1) is 0 Å². The van der Waals surface area contributed by atoms with Crippen LogP contribution < -0.4 is 4.90 Å². The van der Waals surface area contributed by atoms with E-state index in [1.807, 2.05) is 0 Å². The van der Waals surface area contributed by atoms with Crippen molar-refractivity contribution in [3.63, 3.8) is 0 Å². The minimum absolute atomic E-state index is 0.166. The summed E-state index contributed by atoms with van der Waals surface area (Å²) in [7, 11) is 0. The van der Waals surface area contributed by atoms with E-state index in [4.69, 9.17) is 0 Å². The summed E-state index contributed by atoms with van der Waals surface area (Å²) in [5, 5.41) is 0. The molecule has 0 aliphatic carbocycles. The third kappa shape index (κ3) is 3.29. The van der Waals surface area contributed by atoms with Crippen molar-refractivity contribution in [3.05, 3.63) is 29.3 Å². The number of alkyl halides is 1. The van der Waals surface area contributed by atoms with Gasteiger partial charge in [-0.05, 0) is 55.4 Å². The number of hydrogen-bond donors (Lipinski definition) is 0. The van der Waals surface area contributed by atoms with E-state index in [0.29, 0.717) is 13.0 Å². The average Bonchev–Trinajstić information content (AvgIpc) is 2.25. The lowest BCUT2D eigenvalue weighted by atomic mass is 9.84. The molecule has 0 bridgehead atoms. The molecule has 1 atom stereocenters. The Bertz CT molecular complexity index is 457. The molecule has 1 nitrogen and oxygen atoms in total. The summed E-state index contributed by atoms with van der Waals surface area (Å²) in [6.07, 6.45) is 1.62. The van der Waals surface area contributed by atoms with Crippen LogP contribution in [0.5, 0.6) is 0 Å². The van der Waals surface area contributed by atoms with E-state index in [2.05, 4.69) is 50.8 Å². The third-order valence-electron chi connectivity index (χ3n) is 4.03. The van der Waals surface area contributed by atoms with Crippen LogP contribution in [0.25, 0.3) is 0 Å². The van der Waals surface area contributed by atoms with Gasteiger partial charge in [0.15, 0.2) is 0 Å². The summed E-state index contributed by atoms with van der Waals surface area (Å²) in [6, 6.07) is 6.56. The zero-order valence-electron chi connectivity index (χ0n) is 12.9. The van der Waals surface area contributed by atoms with Gasteiger partial charge >= 0.3 is 0 Å². The summed E-state index contributed by atoms with van der Waals surface area (Å²) in [5.74, 6) is 0. The van der Waals surface area contributed by atoms with Crippen LogP contribution in [0.4, 0.5) is 10.1 Å². The lowest BCUT2D eigenvalue weighted by Gasteiger charge is -2.37. The van der Waals surface area contributed by atoms with E-state index < -0.39 is 5.67 Å². The molecule has 1 aliphatic heterocycles. The van der Waals surface area contributed by atoms with Crippen molar-refractivity contribution in [1.29, 1.82) is 0 Å². The van der Waals surface area contributed by atoms with Crippen molar-refractivity contribution in [1.82, 2.24) is 0 Å². The lowest BCUT2D eigenvalue weighted by Crippen LogP contribution is -2.43. The molecule has 0 aromatic heterocycles. The second-order valence-corrected chi connectivity index (χ2v) is 7.19. The van der Waals surface area contributed by atoms with Crippen molar-refractivity contribution in [2.45, 2.75) is 58.5 Å². The second-order valence-electron chi connectivity index (χ2n) is 7.19. The van der Waals surface area contributed by atoms with Gasteiger partial charge in [-0.25, -0.2) is 4.39 Å². The number of piperidine rings is 1. The first kappa shape index (κ1) is 14.4. The lowest BCUT2D eigenvalue weighted by molar-refractivity contribution is 0.160. The first-order valence-electron chi connectivity index (χ1n) is 7.24. The Morgan fingerprint density at radius 3 is 2.47 bits per heavy atom. The van der Waals surface area contributed by atoms with Gasteiger partial charge in [0, 0.05) is 12.2 Å². The van der Waals surface area contributed by atoms with Gasteiger partial charge in [0.1, 0.15) is 5.67 Å². The maximum absolute atomic E-state index is 14.1. The molecule has 0 amide bonds. The highest BCUT2D eigenvalue weighted by molar-refractivity contribution is 5.52. The molecule has 1 fully saturated rings. The molecule has 106 valence electrons. The normalized spacial score (nSPS) is 24.6. The fourth-order valence-corrected chi connectivity index (χ4v) is 3.10. The molecule has 2 heteroatoms. The van der Waals surface area contributed by atoms with Crippen LogP contribution >= 0.6 is 0 Å². The van der Waals surface area contributed by atoms with Crippen LogP contribution in [0.3, 0.4) is 0 Å². The standard InChI is InChI=1S/C17H26FN/c1-13-11-14(7-8-15(13)16(2,3)4)19-10-6-9-17(5,18)12-19/h7-8,11H,6,9-10,12H2,1-5H3. The summed E-state index contributed by atoms with van der Waals surface area (Å²) in [4.78, 5) is 2.18. The maximum Gasteiger partial charge on any atom is 0.125 e. The maximum atomic E-state index is 14.1. The third-order valence-corrected chi connectivity index (χ3v) is 4.03. The monoisotopic (exact) mass is 263 g/mol. The Balaban J connectivity index is 2.25. The minimum Gasteiger partial charge on any atom is -0.368 e. The molecule has 0 saturated carbocycles. The van der Waals surface area contributed by atoms with Gasteiger partial charge in [0.2, 0.25) is 0 Å². The van der Waals surface area contributed by atoms with Gasteiger partial charge in [-0.2, -0.15) is 0 Å². The van der Waals surface area contributed by atoms with E-state index in [-0.39, 0.29) is 5.41 Å². The number of hydrogen-bond acceptors (Lipinski definition) is 1. The topological polar surface area (TPSA) is 3.24 Å². The Labute approximate surface area is 116 Å². The van der Waals surface area contributed by atoms with E-state index in [1.165, 1.54) is 11.1 Å².